The molecule has 1 saturated carbocycles. The number of rotatable bonds is 4. The Hall–Kier alpha value is -2.77. The van der Waals surface area contributed by atoms with Crippen molar-refractivity contribution in [2.75, 3.05) is 26.2 Å². The molecule has 2 aliphatic carbocycles. The van der Waals surface area contributed by atoms with Crippen LogP contribution in [0.15, 0.2) is 64.5 Å². The third-order valence-electron chi connectivity index (χ3n) is 14.6. The predicted octanol–water partition coefficient (Wildman–Crippen LogP) is 8.30. The summed E-state index contributed by atoms with van der Waals surface area (Å²) in [5.74, 6) is -2.96. The molecule has 7 heterocycles. The van der Waals surface area contributed by atoms with Gasteiger partial charge in [0.1, 0.15) is 5.76 Å². The van der Waals surface area contributed by atoms with Crippen molar-refractivity contribution in [3.05, 3.63) is 70.8 Å². The number of fused-ring (bicyclic) bond motifs is 3. The zero-order valence-electron chi connectivity index (χ0n) is 27.2. The van der Waals surface area contributed by atoms with Crippen LogP contribution in [0, 0.1) is 22.2 Å². The van der Waals surface area contributed by atoms with Gasteiger partial charge in [-0.3, -0.25) is 14.8 Å². The number of para-hydroxylation sites is 1. The van der Waals surface area contributed by atoms with Crippen LogP contribution in [0.25, 0.3) is 10.9 Å². The van der Waals surface area contributed by atoms with Gasteiger partial charge in [0.05, 0.1) is 23.1 Å². The van der Waals surface area contributed by atoms with Gasteiger partial charge in [-0.15, -0.1) is 0 Å². The minimum atomic E-state index is -2.86. The molecule has 1 N–H and O–H groups in total. The summed E-state index contributed by atoms with van der Waals surface area (Å²) < 4.78 is 35.1. The number of aliphatic imine (C=N–C) groups is 1. The van der Waals surface area contributed by atoms with Gasteiger partial charge in [0.25, 0.3) is 5.92 Å². The summed E-state index contributed by atoms with van der Waals surface area (Å²) >= 11 is 0. The van der Waals surface area contributed by atoms with Gasteiger partial charge in [-0.1, -0.05) is 31.2 Å². The van der Waals surface area contributed by atoms with Crippen molar-refractivity contribution in [2.24, 2.45) is 27.2 Å². The summed E-state index contributed by atoms with van der Waals surface area (Å²) in [5, 5.41) is 13.0. The molecule has 5 nitrogen and oxygen atoms in total. The second-order valence-electron chi connectivity index (χ2n) is 16.2. The minimum absolute atomic E-state index is 0.0356. The molecule has 3 saturated heterocycles. The number of alkyl halides is 2. The molecule has 46 heavy (non-hydrogen) atoms. The van der Waals surface area contributed by atoms with E-state index in [-0.39, 0.29) is 17.5 Å². The molecule has 7 heteroatoms. The first kappa shape index (κ1) is 28.3. The van der Waals surface area contributed by atoms with Crippen molar-refractivity contribution < 1.29 is 13.9 Å². The quantitative estimate of drug-likeness (QED) is 0.372. The molecule has 8 aliphatic rings. The number of halogens is 2. The molecule has 0 amide bonds. The second kappa shape index (κ2) is 9.22. The van der Waals surface area contributed by atoms with Crippen molar-refractivity contribution >= 4 is 16.6 Å². The van der Waals surface area contributed by atoms with Gasteiger partial charge < -0.3 is 9.67 Å². The van der Waals surface area contributed by atoms with Gasteiger partial charge in [-0.2, -0.15) is 0 Å². The Balaban J connectivity index is 1.14. The fourth-order valence-electron chi connectivity index (χ4n) is 12.7. The number of aliphatic hydroxyl groups is 1. The Bertz CT molecular complexity index is 1800. The molecule has 242 valence electrons. The van der Waals surface area contributed by atoms with E-state index in [9.17, 15) is 5.11 Å². The lowest BCUT2D eigenvalue weighted by molar-refractivity contribution is -0.190. The number of nitrogens with zero attached hydrogens (tertiary/aromatic N) is 4. The van der Waals surface area contributed by atoms with Gasteiger partial charge in [-0.05, 0) is 126 Å². The maximum absolute atomic E-state index is 16.3. The summed E-state index contributed by atoms with van der Waals surface area (Å²) in [6.07, 6.45) is 16.1. The molecule has 1 aromatic carbocycles. The highest BCUT2D eigenvalue weighted by molar-refractivity contribution is 5.98. The minimum Gasteiger partial charge on any atom is -0.512 e. The molecular weight excluding hydrogens is 578 g/mol. The van der Waals surface area contributed by atoms with Gasteiger partial charge in [0, 0.05) is 46.4 Å². The van der Waals surface area contributed by atoms with E-state index in [2.05, 4.69) is 57.7 Å². The maximum Gasteiger partial charge on any atom is 0.252 e. The highest BCUT2D eigenvalue weighted by Gasteiger charge is 2.66. The average molecular weight is 625 g/mol. The molecule has 4 fully saturated rings. The molecule has 2 aromatic rings. The predicted molar refractivity (Wildman–Crippen MR) is 177 cm³/mol. The van der Waals surface area contributed by atoms with Crippen LogP contribution >= 0.6 is 0 Å². The van der Waals surface area contributed by atoms with Crippen molar-refractivity contribution in [3.63, 3.8) is 0 Å². The Morgan fingerprint density at radius 1 is 0.978 bits per heavy atom. The van der Waals surface area contributed by atoms with E-state index in [1.807, 2.05) is 6.08 Å². The number of piperidine rings is 2. The summed E-state index contributed by atoms with van der Waals surface area (Å²) in [7, 11) is 0. The number of hydrogen-bond donors (Lipinski definition) is 1. The smallest absolute Gasteiger partial charge is 0.252 e. The summed E-state index contributed by atoms with van der Waals surface area (Å²) in [4.78, 5) is 10.6. The average Bonchev–Trinajstić information content (AvgIpc) is 3.82. The lowest BCUT2D eigenvalue weighted by Crippen LogP contribution is -2.59. The normalized spacial score (nSPS) is 39.8. The Labute approximate surface area is 270 Å². The van der Waals surface area contributed by atoms with E-state index >= 15 is 8.78 Å². The van der Waals surface area contributed by atoms with Gasteiger partial charge in [0.15, 0.2) is 0 Å². The Morgan fingerprint density at radius 3 is 2.65 bits per heavy atom. The monoisotopic (exact) mass is 624 g/mol. The fraction of sp³-hybridized carbons (Fsp3) is 0.615. The summed E-state index contributed by atoms with van der Waals surface area (Å²) in [6, 6.07) is 8.40. The van der Waals surface area contributed by atoms with Gasteiger partial charge in [0.2, 0.25) is 0 Å². The number of aliphatic hydroxyl groups excluding tert-OH is 1. The lowest BCUT2D eigenvalue weighted by atomic mass is 9.54. The molecular formula is C39H46F2N4O. The van der Waals surface area contributed by atoms with Crippen LogP contribution in [0.2, 0.25) is 0 Å². The first-order valence-electron chi connectivity index (χ1n) is 18.1. The molecule has 0 radical (unpaired) electrons. The largest absolute Gasteiger partial charge is 0.512 e. The molecule has 7 atom stereocenters. The first-order valence-corrected chi connectivity index (χ1v) is 18.1. The van der Waals surface area contributed by atoms with Crippen LogP contribution in [0.4, 0.5) is 8.78 Å². The zero-order chi connectivity index (χ0) is 31.2. The van der Waals surface area contributed by atoms with Crippen LogP contribution in [-0.2, 0) is 6.42 Å². The highest BCUT2D eigenvalue weighted by atomic mass is 19.3. The van der Waals surface area contributed by atoms with Crippen molar-refractivity contribution in [2.45, 2.75) is 102 Å². The van der Waals surface area contributed by atoms with Crippen LogP contribution in [0.3, 0.4) is 0 Å². The van der Waals surface area contributed by atoms with E-state index in [4.69, 9.17) is 4.99 Å². The fourth-order valence-corrected chi connectivity index (χ4v) is 12.7. The van der Waals surface area contributed by atoms with E-state index in [1.54, 1.807) is 0 Å². The number of aromatic nitrogens is 1. The van der Waals surface area contributed by atoms with Crippen LogP contribution in [0.5, 0.6) is 0 Å². The van der Waals surface area contributed by atoms with Crippen molar-refractivity contribution in [1.82, 2.24) is 14.4 Å². The van der Waals surface area contributed by atoms with E-state index < -0.39 is 17.3 Å². The number of benzene rings is 1. The van der Waals surface area contributed by atoms with Crippen LogP contribution in [0.1, 0.15) is 95.0 Å². The van der Waals surface area contributed by atoms with Crippen LogP contribution in [-0.4, -0.2) is 63.3 Å². The molecule has 1 aromatic heterocycles. The molecule has 10 rings (SSSR count). The second-order valence-corrected chi connectivity index (χ2v) is 16.2. The SMILES string of the molecule is CCC12CCCN3CCC4(C=C(C5=CC=C(O)C5C5CC6(C(C)(F)F)CCCN7CCc8c(n5c5ccccc85)C76)N=C4CC1)C32. The lowest BCUT2D eigenvalue weighted by Gasteiger charge is -2.59. The molecule has 7 unspecified atom stereocenters. The van der Waals surface area contributed by atoms with E-state index in [1.165, 1.54) is 55.8 Å². The molecule has 6 aliphatic heterocycles. The van der Waals surface area contributed by atoms with Gasteiger partial charge in [-0.25, -0.2) is 8.78 Å². The van der Waals surface area contributed by atoms with E-state index in [0.29, 0.717) is 30.1 Å². The number of hydrogen-bond acceptors (Lipinski definition) is 4. The Kier molecular flexibility index (Phi) is 5.67. The summed E-state index contributed by atoms with van der Waals surface area (Å²) in [6.45, 7) is 7.57. The van der Waals surface area contributed by atoms with Gasteiger partial charge >= 0.3 is 0 Å². The molecule has 1 spiro atoms. The van der Waals surface area contributed by atoms with Crippen molar-refractivity contribution in [3.8, 4) is 0 Å². The number of allylic oxidation sites excluding steroid dienone is 4. The highest BCUT2D eigenvalue weighted by Crippen LogP contribution is 2.67. The standard InChI is InChI=1S/C39H46F2N4O/c1-3-37-14-6-19-44-21-17-38(35(37)44)22-27(42-31(38)12-16-37)26-10-11-30(46)32(26)29-23-39(36(2,40)41)15-7-18-43-20-13-25-24-8-4-5-9-28(24)45(29)33(25)34(39)43/h4-5,8-11,22,29,32,34-35,46H,3,6-7,12-21,23H2,1-2H3. The zero-order valence-corrected chi connectivity index (χ0v) is 27.2. The third kappa shape index (κ3) is 3.30. The Morgan fingerprint density at radius 2 is 1.80 bits per heavy atom. The first-order chi connectivity index (χ1) is 22.2. The maximum atomic E-state index is 16.3. The van der Waals surface area contributed by atoms with E-state index in [0.717, 1.165) is 67.8 Å². The molecule has 0 bridgehead atoms. The van der Waals surface area contributed by atoms with Crippen LogP contribution < -0.4 is 0 Å². The third-order valence-corrected chi connectivity index (χ3v) is 14.6. The topological polar surface area (TPSA) is 44.0 Å². The van der Waals surface area contributed by atoms with Crippen molar-refractivity contribution in [1.29, 1.82) is 0 Å². The summed E-state index contributed by atoms with van der Waals surface area (Å²) in [5.41, 5.74) is 5.94.